The van der Waals surface area contributed by atoms with E-state index in [9.17, 15) is 29.1 Å². The Morgan fingerprint density at radius 1 is 0.524 bits per heavy atom. The SMILES string of the molecule is FC1(F)c2ccccc2-c2nccc3cccc1c23.FS(F)(F)F.O=C1c2ccccc2-c2nccc3cccc1c23. The van der Waals surface area contributed by atoms with Crippen LogP contribution in [0.3, 0.4) is 0 Å². The van der Waals surface area contributed by atoms with Gasteiger partial charge in [-0.25, -0.2) is 0 Å². The Labute approximate surface area is 238 Å². The lowest BCUT2D eigenvalue weighted by Crippen LogP contribution is -2.20. The minimum Gasteiger partial charge on any atom is -0.289 e. The van der Waals surface area contributed by atoms with Crippen LogP contribution in [0.2, 0.25) is 0 Å². The lowest BCUT2D eigenvalue weighted by molar-refractivity contribution is 0.0442. The summed E-state index contributed by atoms with van der Waals surface area (Å²) >= 11 is -6.17. The van der Waals surface area contributed by atoms with Crippen molar-refractivity contribution in [2.45, 2.75) is 5.92 Å². The smallest absolute Gasteiger partial charge is 0.289 e. The number of rotatable bonds is 0. The zero-order chi connectivity index (χ0) is 29.6. The molecule has 2 heterocycles. The monoisotopic (exact) mass is 592 g/mol. The number of fused-ring (bicyclic) bond motifs is 4. The van der Waals surface area contributed by atoms with E-state index < -0.39 is 17.5 Å². The molecular formula is C32H18F6N2OS. The van der Waals surface area contributed by atoms with Crippen LogP contribution in [0, 0.1) is 0 Å². The van der Waals surface area contributed by atoms with E-state index in [1.54, 1.807) is 42.7 Å². The maximum atomic E-state index is 14.6. The molecule has 8 rings (SSSR count). The van der Waals surface area contributed by atoms with Gasteiger partial charge in [0.2, 0.25) is 0 Å². The van der Waals surface area contributed by atoms with Crippen molar-refractivity contribution < 1.29 is 29.1 Å². The summed E-state index contributed by atoms with van der Waals surface area (Å²) in [7, 11) is 0. The molecular weight excluding hydrogens is 574 g/mol. The second kappa shape index (κ2) is 10.3. The summed E-state index contributed by atoms with van der Waals surface area (Å²) in [5, 5.41) is 3.41. The Balaban J connectivity index is 0.000000130. The van der Waals surface area contributed by atoms with Crippen LogP contribution >= 0.6 is 11.6 Å². The molecule has 4 aromatic carbocycles. The van der Waals surface area contributed by atoms with Crippen LogP contribution in [-0.4, -0.2) is 15.8 Å². The quantitative estimate of drug-likeness (QED) is 0.165. The molecule has 2 aliphatic carbocycles. The van der Waals surface area contributed by atoms with Gasteiger partial charge in [0.1, 0.15) is 0 Å². The van der Waals surface area contributed by atoms with Crippen molar-refractivity contribution in [3.05, 3.63) is 132 Å². The van der Waals surface area contributed by atoms with Gasteiger partial charge >= 0.3 is 11.6 Å². The Morgan fingerprint density at radius 2 is 1.00 bits per heavy atom. The highest BCUT2D eigenvalue weighted by atomic mass is 32.4. The molecule has 0 saturated heterocycles. The van der Waals surface area contributed by atoms with Gasteiger partial charge in [0.05, 0.1) is 11.4 Å². The van der Waals surface area contributed by atoms with E-state index in [2.05, 4.69) is 9.97 Å². The summed E-state index contributed by atoms with van der Waals surface area (Å²) in [4.78, 5) is 21.2. The van der Waals surface area contributed by atoms with Crippen LogP contribution in [0.25, 0.3) is 44.1 Å². The number of nitrogens with zero attached hydrogens (tertiary/aromatic N) is 2. The molecule has 0 atom stereocenters. The largest absolute Gasteiger partial charge is 0.379 e. The Hall–Kier alpha value is -4.70. The fraction of sp³-hybridized carbons (Fsp3) is 0.0312. The number of aromatic nitrogens is 2. The fourth-order valence-corrected chi connectivity index (χ4v) is 5.46. The molecule has 3 nitrogen and oxygen atoms in total. The molecule has 0 bridgehead atoms. The van der Waals surface area contributed by atoms with Crippen molar-refractivity contribution in [3.63, 3.8) is 0 Å². The number of halogens is 6. The second-order valence-corrected chi connectivity index (χ2v) is 10.2. The van der Waals surface area contributed by atoms with Gasteiger partial charge in [-0.15, -0.1) is 0 Å². The molecule has 6 aromatic rings. The number of ketones is 1. The minimum absolute atomic E-state index is 0.0358. The topological polar surface area (TPSA) is 42.9 Å². The molecule has 0 fully saturated rings. The van der Waals surface area contributed by atoms with Gasteiger partial charge in [-0.1, -0.05) is 100 Å². The highest BCUT2D eigenvalue weighted by molar-refractivity contribution is 8.16. The van der Waals surface area contributed by atoms with E-state index in [-0.39, 0.29) is 16.9 Å². The maximum Gasteiger partial charge on any atom is 0.379 e. The van der Waals surface area contributed by atoms with Crippen molar-refractivity contribution in [3.8, 4) is 22.5 Å². The van der Waals surface area contributed by atoms with Crippen LogP contribution in [0.5, 0.6) is 0 Å². The molecule has 0 N–H and O–H groups in total. The zero-order valence-corrected chi connectivity index (χ0v) is 22.2. The molecule has 0 unspecified atom stereocenters. The fourth-order valence-electron chi connectivity index (χ4n) is 5.46. The first kappa shape index (κ1) is 27.5. The summed E-state index contributed by atoms with van der Waals surface area (Å²) in [6, 6.07) is 28.8. The normalized spacial score (nSPS) is 14.1. The average Bonchev–Trinajstić information content (AvgIpc) is 2.98. The highest BCUT2D eigenvalue weighted by Crippen LogP contribution is 2.54. The van der Waals surface area contributed by atoms with Gasteiger partial charge in [0, 0.05) is 56.5 Å². The molecule has 0 saturated carbocycles. The Morgan fingerprint density at radius 3 is 1.67 bits per heavy atom. The third-order valence-corrected chi connectivity index (χ3v) is 7.11. The van der Waals surface area contributed by atoms with E-state index in [1.807, 2.05) is 54.6 Å². The predicted molar refractivity (Wildman–Crippen MR) is 153 cm³/mol. The van der Waals surface area contributed by atoms with Crippen LogP contribution in [0.15, 0.2) is 109 Å². The van der Waals surface area contributed by atoms with Crippen LogP contribution in [0.1, 0.15) is 27.0 Å². The third-order valence-electron chi connectivity index (χ3n) is 7.11. The van der Waals surface area contributed by atoms with Gasteiger partial charge < -0.3 is 0 Å². The molecule has 0 aliphatic heterocycles. The van der Waals surface area contributed by atoms with Gasteiger partial charge in [0.15, 0.2) is 5.78 Å². The minimum atomic E-state index is -6.17. The van der Waals surface area contributed by atoms with Crippen LogP contribution in [0.4, 0.5) is 24.3 Å². The van der Waals surface area contributed by atoms with Crippen LogP contribution in [-0.2, 0) is 5.92 Å². The average molecular weight is 593 g/mol. The Bertz CT molecular complexity index is 1990. The zero-order valence-electron chi connectivity index (χ0n) is 21.4. The summed E-state index contributed by atoms with van der Waals surface area (Å²) in [5.74, 6) is -2.87. The summed E-state index contributed by atoms with van der Waals surface area (Å²) in [6.07, 6.45) is 3.47. The van der Waals surface area contributed by atoms with E-state index in [0.29, 0.717) is 16.6 Å². The number of benzene rings is 4. The van der Waals surface area contributed by atoms with E-state index >= 15 is 0 Å². The predicted octanol–water partition coefficient (Wildman–Crippen LogP) is 10.1. The lowest BCUT2D eigenvalue weighted by Gasteiger charge is -2.27. The number of pyridine rings is 2. The lowest BCUT2D eigenvalue weighted by atomic mass is 9.84. The molecule has 10 heteroatoms. The summed E-state index contributed by atoms with van der Waals surface area (Å²) in [6.45, 7) is 0. The Kier molecular flexibility index (Phi) is 6.73. The molecule has 0 radical (unpaired) electrons. The number of carbonyl (C=O) groups is 1. The molecule has 42 heavy (non-hydrogen) atoms. The maximum absolute atomic E-state index is 14.6. The van der Waals surface area contributed by atoms with E-state index in [0.717, 1.165) is 38.5 Å². The first-order valence-corrected chi connectivity index (χ1v) is 13.8. The number of hydrogen-bond donors (Lipinski definition) is 0. The van der Waals surface area contributed by atoms with Gasteiger partial charge in [-0.3, -0.25) is 14.8 Å². The van der Waals surface area contributed by atoms with Crippen molar-refractivity contribution >= 4 is 38.9 Å². The van der Waals surface area contributed by atoms with E-state index in [1.165, 1.54) is 12.1 Å². The molecule has 2 aromatic heterocycles. The third kappa shape index (κ3) is 4.77. The van der Waals surface area contributed by atoms with Crippen LogP contribution < -0.4 is 0 Å². The van der Waals surface area contributed by atoms with Crippen molar-refractivity contribution in [1.82, 2.24) is 9.97 Å². The molecule has 2 aliphatic rings. The summed E-state index contributed by atoms with van der Waals surface area (Å²) in [5.41, 5.74) is 4.61. The summed E-state index contributed by atoms with van der Waals surface area (Å²) < 4.78 is 68.3. The van der Waals surface area contributed by atoms with Crippen molar-refractivity contribution in [2.24, 2.45) is 0 Å². The highest BCUT2D eigenvalue weighted by Gasteiger charge is 2.42. The first-order chi connectivity index (χ1) is 20.1. The van der Waals surface area contributed by atoms with Gasteiger partial charge in [0.25, 0.3) is 5.92 Å². The molecule has 210 valence electrons. The number of hydrogen-bond acceptors (Lipinski definition) is 3. The van der Waals surface area contributed by atoms with Crippen molar-refractivity contribution in [1.29, 1.82) is 0 Å². The number of alkyl halides is 2. The standard InChI is InChI=1S/C16H9F2N.C16H9NO.F4S/c17-16(18)12-6-2-1-5-11(12)15-14-10(8-9-19-15)4-3-7-13(14)16;18-16-12-6-2-1-5-11(12)15-14-10(8-9-17-15)4-3-7-13(14)16;1-5(2,3)4/h1-9H;1-9H;. The second-order valence-electron chi connectivity index (χ2n) is 9.47. The molecule has 0 spiro atoms. The number of carbonyl (C=O) groups excluding carboxylic acids is 1. The van der Waals surface area contributed by atoms with Crippen molar-refractivity contribution in [2.75, 3.05) is 0 Å². The van der Waals surface area contributed by atoms with Gasteiger partial charge in [-0.05, 0) is 22.9 Å². The van der Waals surface area contributed by atoms with Gasteiger partial charge in [-0.2, -0.15) is 8.78 Å². The van der Waals surface area contributed by atoms with E-state index in [4.69, 9.17) is 0 Å². The first-order valence-electron chi connectivity index (χ1n) is 12.5. The molecule has 0 amide bonds.